The first kappa shape index (κ1) is 11.5. The topological polar surface area (TPSA) is 29.9 Å². The molecule has 1 aromatic carbocycles. The number of imidazole rings is 1. The number of halogens is 2. The molecule has 0 unspecified atom stereocenters. The van der Waals surface area contributed by atoms with Gasteiger partial charge in [0.25, 0.3) is 0 Å². The summed E-state index contributed by atoms with van der Waals surface area (Å²) in [7, 11) is 1.97. The Kier molecular flexibility index (Phi) is 3.51. The Balaban J connectivity index is 2.05. The van der Waals surface area contributed by atoms with Crippen molar-refractivity contribution in [3.8, 4) is 0 Å². The molecule has 16 heavy (non-hydrogen) atoms. The molecule has 1 aromatic heterocycles. The molecule has 1 heterocycles. The summed E-state index contributed by atoms with van der Waals surface area (Å²) in [4.78, 5) is 4.06. The Hall–Kier alpha value is -1.000. The van der Waals surface area contributed by atoms with Crippen molar-refractivity contribution in [1.29, 1.82) is 0 Å². The highest BCUT2D eigenvalue weighted by Crippen LogP contribution is 2.25. The first-order chi connectivity index (χ1) is 7.66. The summed E-state index contributed by atoms with van der Waals surface area (Å²) < 4.78 is 2.88. The second-order valence-electron chi connectivity index (χ2n) is 3.48. The lowest BCUT2D eigenvalue weighted by molar-refractivity contribution is 0.837. The van der Waals surface area contributed by atoms with Gasteiger partial charge in [-0.25, -0.2) is 4.98 Å². The summed E-state index contributed by atoms with van der Waals surface area (Å²) in [6.45, 7) is 0.741. The van der Waals surface area contributed by atoms with Crippen molar-refractivity contribution in [2.24, 2.45) is 7.05 Å². The van der Waals surface area contributed by atoms with Gasteiger partial charge in [0, 0.05) is 23.4 Å². The van der Waals surface area contributed by atoms with Gasteiger partial charge in [0.05, 0.1) is 23.6 Å². The standard InChI is InChI=1S/C11H11BrClN3/c1-16-7-14-5-9(16)6-15-8-2-3-11(13)10(12)4-8/h2-5,7,15H,6H2,1H3. The zero-order valence-corrected chi connectivity index (χ0v) is 11.1. The Morgan fingerprint density at radius 1 is 1.50 bits per heavy atom. The predicted molar refractivity (Wildman–Crippen MR) is 69.7 cm³/mol. The lowest BCUT2D eigenvalue weighted by Crippen LogP contribution is -2.03. The maximum Gasteiger partial charge on any atom is 0.0946 e. The normalized spacial score (nSPS) is 10.4. The maximum absolute atomic E-state index is 5.92. The van der Waals surface area contributed by atoms with E-state index in [1.54, 1.807) is 6.33 Å². The van der Waals surface area contributed by atoms with E-state index < -0.39 is 0 Å². The molecular formula is C11H11BrClN3. The second-order valence-corrected chi connectivity index (χ2v) is 4.74. The highest BCUT2D eigenvalue weighted by molar-refractivity contribution is 9.10. The molecule has 0 fully saturated rings. The first-order valence-corrected chi connectivity index (χ1v) is 5.98. The number of aryl methyl sites for hydroxylation is 1. The van der Waals surface area contributed by atoms with E-state index in [0.717, 1.165) is 22.4 Å². The quantitative estimate of drug-likeness (QED) is 0.941. The molecule has 0 saturated heterocycles. The molecule has 0 spiro atoms. The minimum Gasteiger partial charge on any atom is -0.379 e. The third-order valence-corrected chi connectivity index (χ3v) is 3.52. The molecule has 5 heteroatoms. The Labute approximate surface area is 108 Å². The van der Waals surface area contributed by atoms with Gasteiger partial charge in [-0.3, -0.25) is 0 Å². The van der Waals surface area contributed by atoms with E-state index in [4.69, 9.17) is 11.6 Å². The molecule has 0 aliphatic rings. The number of aromatic nitrogens is 2. The van der Waals surface area contributed by atoms with Crippen molar-refractivity contribution in [2.75, 3.05) is 5.32 Å². The van der Waals surface area contributed by atoms with Crippen molar-refractivity contribution in [1.82, 2.24) is 9.55 Å². The molecule has 2 rings (SSSR count). The molecule has 0 radical (unpaired) electrons. The monoisotopic (exact) mass is 299 g/mol. The average Bonchev–Trinajstić information content (AvgIpc) is 2.66. The van der Waals surface area contributed by atoms with Crippen molar-refractivity contribution in [2.45, 2.75) is 6.54 Å². The highest BCUT2D eigenvalue weighted by atomic mass is 79.9. The van der Waals surface area contributed by atoms with Crippen LogP contribution in [-0.2, 0) is 13.6 Å². The summed E-state index contributed by atoms with van der Waals surface area (Å²) >= 11 is 9.31. The van der Waals surface area contributed by atoms with E-state index in [1.807, 2.05) is 36.0 Å². The summed E-state index contributed by atoms with van der Waals surface area (Å²) in [6.07, 6.45) is 3.63. The van der Waals surface area contributed by atoms with Gasteiger partial charge in [0.15, 0.2) is 0 Å². The van der Waals surface area contributed by atoms with E-state index in [2.05, 4.69) is 26.2 Å². The fourth-order valence-electron chi connectivity index (χ4n) is 1.35. The molecule has 3 nitrogen and oxygen atoms in total. The van der Waals surface area contributed by atoms with Gasteiger partial charge in [-0.15, -0.1) is 0 Å². The number of hydrogen-bond donors (Lipinski definition) is 1. The molecule has 0 atom stereocenters. The van der Waals surface area contributed by atoms with Crippen LogP contribution in [-0.4, -0.2) is 9.55 Å². The van der Waals surface area contributed by atoms with Crippen LogP contribution in [0.2, 0.25) is 5.02 Å². The van der Waals surface area contributed by atoms with E-state index in [9.17, 15) is 0 Å². The molecule has 0 aliphatic carbocycles. The van der Waals surface area contributed by atoms with Gasteiger partial charge in [0.1, 0.15) is 0 Å². The van der Waals surface area contributed by atoms with Gasteiger partial charge < -0.3 is 9.88 Å². The lowest BCUT2D eigenvalue weighted by atomic mass is 10.3. The van der Waals surface area contributed by atoms with E-state index in [-0.39, 0.29) is 0 Å². The zero-order chi connectivity index (χ0) is 11.5. The number of anilines is 1. The molecular weight excluding hydrogens is 289 g/mol. The number of nitrogens with zero attached hydrogens (tertiary/aromatic N) is 2. The van der Waals surface area contributed by atoms with E-state index in [1.165, 1.54) is 0 Å². The molecule has 1 N–H and O–H groups in total. The van der Waals surface area contributed by atoms with Gasteiger partial charge >= 0.3 is 0 Å². The molecule has 0 aliphatic heterocycles. The van der Waals surface area contributed by atoms with Crippen molar-refractivity contribution in [3.63, 3.8) is 0 Å². The largest absolute Gasteiger partial charge is 0.379 e. The van der Waals surface area contributed by atoms with Crippen molar-refractivity contribution < 1.29 is 0 Å². The molecule has 0 amide bonds. The van der Waals surface area contributed by atoms with Crippen LogP contribution in [0, 0.1) is 0 Å². The van der Waals surface area contributed by atoms with Gasteiger partial charge in [0.2, 0.25) is 0 Å². The number of rotatable bonds is 3. The first-order valence-electron chi connectivity index (χ1n) is 4.81. The SMILES string of the molecule is Cn1cncc1CNc1ccc(Cl)c(Br)c1. The van der Waals surface area contributed by atoms with Crippen LogP contribution in [0.4, 0.5) is 5.69 Å². The summed E-state index contributed by atoms with van der Waals surface area (Å²) in [5.74, 6) is 0. The second kappa shape index (κ2) is 4.89. The summed E-state index contributed by atoms with van der Waals surface area (Å²) in [5, 5.41) is 4.02. The third kappa shape index (κ3) is 2.57. The average molecular weight is 301 g/mol. The summed E-state index contributed by atoms with van der Waals surface area (Å²) in [5.41, 5.74) is 2.16. The van der Waals surface area contributed by atoms with Crippen LogP contribution in [0.25, 0.3) is 0 Å². The van der Waals surface area contributed by atoms with Gasteiger partial charge in [-0.2, -0.15) is 0 Å². The van der Waals surface area contributed by atoms with Crippen LogP contribution in [0.3, 0.4) is 0 Å². The molecule has 0 saturated carbocycles. The summed E-state index contributed by atoms with van der Waals surface area (Å²) in [6, 6.07) is 5.76. The molecule has 84 valence electrons. The number of benzene rings is 1. The van der Waals surface area contributed by atoms with E-state index >= 15 is 0 Å². The lowest BCUT2D eigenvalue weighted by Gasteiger charge is -2.07. The Bertz CT molecular complexity index is 496. The van der Waals surface area contributed by atoms with Crippen LogP contribution >= 0.6 is 27.5 Å². The van der Waals surface area contributed by atoms with Crippen molar-refractivity contribution in [3.05, 3.63) is 45.9 Å². The van der Waals surface area contributed by atoms with Gasteiger partial charge in [-0.1, -0.05) is 11.6 Å². The number of nitrogens with one attached hydrogen (secondary N) is 1. The van der Waals surface area contributed by atoms with Crippen molar-refractivity contribution >= 4 is 33.2 Å². The molecule has 0 bridgehead atoms. The fourth-order valence-corrected chi connectivity index (χ4v) is 1.85. The Morgan fingerprint density at radius 2 is 2.31 bits per heavy atom. The minimum absolute atomic E-state index is 0.714. The van der Waals surface area contributed by atoms with Crippen LogP contribution in [0.1, 0.15) is 5.69 Å². The maximum atomic E-state index is 5.92. The number of hydrogen-bond acceptors (Lipinski definition) is 2. The van der Waals surface area contributed by atoms with Crippen LogP contribution in [0.5, 0.6) is 0 Å². The minimum atomic E-state index is 0.714. The smallest absolute Gasteiger partial charge is 0.0946 e. The zero-order valence-electron chi connectivity index (χ0n) is 8.74. The van der Waals surface area contributed by atoms with E-state index in [0.29, 0.717) is 5.02 Å². The van der Waals surface area contributed by atoms with Crippen LogP contribution in [0.15, 0.2) is 35.2 Å². The molecule has 2 aromatic rings. The third-order valence-electron chi connectivity index (χ3n) is 2.31. The Morgan fingerprint density at radius 3 is 2.94 bits per heavy atom. The van der Waals surface area contributed by atoms with Gasteiger partial charge in [-0.05, 0) is 34.1 Å². The predicted octanol–water partition coefficient (Wildman–Crippen LogP) is 3.45. The highest BCUT2D eigenvalue weighted by Gasteiger charge is 2.00. The fraction of sp³-hybridized carbons (Fsp3) is 0.182. The van der Waals surface area contributed by atoms with Crippen LogP contribution < -0.4 is 5.32 Å².